The van der Waals surface area contributed by atoms with Gasteiger partial charge in [0.1, 0.15) is 0 Å². The zero-order valence-corrected chi connectivity index (χ0v) is 12.8. The molecular weight excluding hydrogens is 317 g/mol. The van der Waals surface area contributed by atoms with Crippen molar-refractivity contribution in [2.45, 2.75) is 32.0 Å². The van der Waals surface area contributed by atoms with E-state index >= 15 is 0 Å². The maximum atomic E-state index is 12.6. The molecule has 0 unspecified atom stereocenters. The average molecular weight is 337 g/mol. The van der Waals surface area contributed by atoms with E-state index in [-0.39, 0.29) is 36.7 Å². The Balaban J connectivity index is 0.00000242. The first-order chi connectivity index (χ1) is 9.91. The van der Waals surface area contributed by atoms with Gasteiger partial charge in [0.15, 0.2) is 0 Å². The van der Waals surface area contributed by atoms with Gasteiger partial charge in [-0.1, -0.05) is 18.6 Å². The summed E-state index contributed by atoms with van der Waals surface area (Å²) < 4.78 is 37.8. The first-order valence-electron chi connectivity index (χ1n) is 7.05. The van der Waals surface area contributed by atoms with Crippen molar-refractivity contribution in [2.24, 2.45) is 17.6 Å². The lowest BCUT2D eigenvalue weighted by molar-refractivity contribution is -0.137. The SMILES string of the molecule is Cl.NC[C@H]1CCC[C@H]1C(=O)NCc1cccc(C(F)(F)F)c1. The van der Waals surface area contributed by atoms with Gasteiger partial charge in [-0.3, -0.25) is 4.79 Å². The molecule has 7 heteroatoms. The van der Waals surface area contributed by atoms with E-state index in [0.717, 1.165) is 31.4 Å². The third kappa shape index (κ3) is 4.61. The number of hydrogen-bond acceptors (Lipinski definition) is 2. The minimum Gasteiger partial charge on any atom is -0.352 e. The van der Waals surface area contributed by atoms with Crippen molar-refractivity contribution in [3.05, 3.63) is 35.4 Å². The Morgan fingerprint density at radius 1 is 1.32 bits per heavy atom. The van der Waals surface area contributed by atoms with Crippen LogP contribution in [-0.2, 0) is 17.5 Å². The normalized spacial score (nSPS) is 21.3. The molecule has 2 atom stereocenters. The molecule has 2 rings (SSSR count). The lowest BCUT2D eigenvalue weighted by Crippen LogP contribution is -2.34. The van der Waals surface area contributed by atoms with Crippen LogP contribution in [0.15, 0.2) is 24.3 Å². The molecule has 0 aliphatic heterocycles. The van der Waals surface area contributed by atoms with Crippen LogP contribution in [0.3, 0.4) is 0 Å². The van der Waals surface area contributed by atoms with Crippen molar-refractivity contribution >= 4 is 18.3 Å². The summed E-state index contributed by atoms with van der Waals surface area (Å²) >= 11 is 0. The van der Waals surface area contributed by atoms with Gasteiger partial charge in [0.2, 0.25) is 5.91 Å². The van der Waals surface area contributed by atoms with Crippen LogP contribution < -0.4 is 11.1 Å². The predicted octanol–water partition coefficient (Wildman–Crippen LogP) is 3.12. The number of benzene rings is 1. The fourth-order valence-electron chi connectivity index (χ4n) is 2.84. The molecular formula is C15H20ClF3N2O. The second-order valence-electron chi connectivity index (χ2n) is 5.45. The van der Waals surface area contributed by atoms with Gasteiger partial charge >= 0.3 is 6.18 Å². The smallest absolute Gasteiger partial charge is 0.352 e. The fraction of sp³-hybridized carbons (Fsp3) is 0.533. The molecule has 1 amide bonds. The number of nitrogens with one attached hydrogen (secondary N) is 1. The molecule has 0 saturated heterocycles. The summed E-state index contributed by atoms with van der Waals surface area (Å²) in [6, 6.07) is 5.01. The van der Waals surface area contributed by atoms with Crippen LogP contribution in [0.25, 0.3) is 0 Å². The van der Waals surface area contributed by atoms with Gasteiger partial charge in [0.25, 0.3) is 0 Å². The van der Waals surface area contributed by atoms with Gasteiger partial charge in [-0.2, -0.15) is 13.2 Å². The summed E-state index contributed by atoms with van der Waals surface area (Å²) in [6.45, 7) is 0.582. The highest BCUT2D eigenvalue weighted by atomic mass is 35.5. The predicted molar refractivity (Wildman–Crippen MR) is 80.4 cm³/mol. The maximum absolute atomic E-state index is 12.6. The third-order valence-electron chi connectivity index (χ3n) is 4.02. The van der Waals surface area contributed by atoms with Crippen LogP contribution in [0.1, 0.15) is 30.4 Å². The Morgan fingerprint density at radius 3 is 2.68 bits per heavy atom. The van der Waals surface area contributed by atoms with E-state index in [1.165, 1.54) is 6.07 Å². The monoisotopic (exact) mass is 336 g/mol. The number of alkyl halides is 3. The van der Waals surface area contributed by atoms with Crippen molar-refractivity contribution in [1.29, 1.82) is 0 Å². The highest BCUT2D eigenvalue weighted by Gasteiger charge is 2.32. The Bertz CT molecular complexity index is 508. The van der Waals surface area contributed by atoms with E-state index in [1.54, 1.807) is 6.07 Å². The van der Waals surface area contributed by atoms with Crippen molar-refractivity contribution in [3.8, 4) is 0 Å². The number of amides is 1. The van der Waals surface area contributed by atoms with E-state index < -0.39 is 11.7 Å². The van der Waals surface area contributed by atoms with Crippen molar-refractivity contribution in [3.63, 3.8) is 0 Å². The van der Waals surface area contributed by atoms with E-state index in [1.807, 2.05) is 0 Å². The Hall–Kier alpha value is -1.27. The highest BCUT2D eigenvalue weighted by Crippen LogP contribution is 2.31. The van der Waals surface area contributed by atoms with Crippen LogP contribution >= 0.6 is 12.4 Å². The number of carbonyl (C=O) groups is 1. The van der Waals surface area contributed by atoms with Gasteiger partial charge in [-0.15, -0.1) is 12.4 Å². The average Bonchev–Trinajstić information content (AvgIpc) is 2.92. The molecule has 1 fully saturated rings. The number of hydrogen-bond donors (Lipinski definition) is 2. The minimum atomic E-state index is -4.36. The summed E-state index contributed by atoms with van der Waals surface area (Å²) in [5.74, 6) is -0.0346. The van der Waals surface area contributed by atoms with Gasteiger partial charge in [-0.05, 0) is 43.0 Å². The van der Waals surface area contributed by atoms with Crippen LogP contribution in [0.4, 0.5) is 13.2 Å². The molecule has 1 aliphatic rings. The summed E-state index contributed by atoms with van der Waals surface area (Å²) in [4.78, 5) is 12.1. The first kappa shape index (κ1) is 18.8. The molecule has 0 aromatic heterocycles. The molecule has 0 spiro atoms. The lowest BCUT2D eigenvalue weighted by atomic mass is 9.95. The molecule has 1 aromatic rings. The summed E-state index contributed by atoms with van der Waals surface area (Å²) in [6.07, 6.45) is -1.64. The van der Waals surface area contributed by atoms with Crippen LogP contribution in [0, 0.1) is 11.8 Å². The Morgan fingerprint density at radius 2 is 2.05 bits per heavy atom. The number of carbonyl (C=O) groups excluding carboxylic acids is 1. The van der Waals surface area contributed by atoms with Crippen LogP contribution in [0.5, 0.6) is 0 Å². The Labute approximate surface area is 133 Å². The first-order valence-corrected chi connectivity index (χ1v) is 7.05. The van der Waals surface area contributed by atoms with Crippen LogP contribution in [-0.4, -0.2) is 12.5 Å². The summed E-state index contributed by atoms with van der Waals surface area (Å²) in [7, 11) is 0. The third-order valence-corrected chi connectivity index (χ3v) is 4.02. The minimum absolute atomic E-state index is 0. The van der Waals surface area contributed by atoms with Gasteiger partial charge < -0.3 is 11.1 Å². The van der Waals surface area contributed by atoms with E-state index in [9.17, 15) is 18.0 Å². The quantitative estimate of drug-likeness (QED) is 0.887. The van der Waals surface area contributed by atoms with Gasteiger partial charge in [0, 0.05) is 12.5 Å². The zero-order valence-electron chi connectivity index (χ0n) is 12.0. The number of halogens is 4. The molecule has 1 saturated carbocycles. The molecule has 0 radical (unpaired) electrons. The van der Waals surface area contributed by atoms with E-state index in [2.05, 4.69) is 5.32 Å². The largest absolute Gasteiger partial charge is 0.416 e. The van der Waals surface area contributed by atoms with Gasteiger partial charge in [-0.25, -0.2) is 0 Å². The molecule has 1 aromatic carbocycles. The van der Waals surface area contributed by atoms with Crippen molar-refractivity contribution < 1.29 is 18.0 Å². The van der Waals surface area contributed by atoms with Crippen molar-refractivity contribution in [1.82, 2.24) is 5.32 Å². The molecule has 124 valence electrons. The lowest BCUT2D eigenvalue weighted by Gasteiger charge is -2.17. The number of rotatable bonds is 4. The second kappa shape index (κ2) is 7.83. The van der Waals surface area contributed by atoms with Gasteiger partial charge in [0.05, 0.1) is 5.56 Å². The Kier molecular flexibility index (Phi) is 6.68. The number of nitrogens with two attached hydrogens (primary N) is 1. The fourth-order valence-corrected chi connectivity index (χ4v) is 2.84. The standard InChI is InChI=1S/C15H19F3N2O.ClH/c16-15(17,18)12-5-1-3-10(7-12)9-20-14(21)13-6-2-4-11(13)8-19;/h1,3,5,7,11,13H,2,4,6,8-9,19H2,(H,20,21);1H/t11-,13-;/m1./s1. The van der Waals surface area contributed by atoms with E-state index in [0.29, 0.717) is 12.1 Å². The van der Waals surface area contributed by atoms with Crippen LogP contribution in [0.2, 0.25) is 0 Å². The highest BCUT2D eigenvalue weighted by molar-refractivity contribution is 5.85. The molecule has 0 heterocycles. The molecule has 1 aliphatic carbocycles. The molecule has 3 N–H and O–H groups in total. The van der Waals surface area contributed by atoms with E-state index in [4.69, 9.17) is 5.73 Å². The molecule has 3 nitrogen and oxygen atoms in total. The maximum Gasteiger partial charge on any atom is 0.416 e. The molecule has 0 bridgehead atoms. The summed E-state index contributed by atoms with van der Waals surface area (Å²) in [5.41, 5.74) is 5.38. The zero-order chi connectivity index (χ0) is 15.5. The summed E-state index contributed by atoms with van der Waals surface area (Å²) in [5, 5.41) is 2.72. The van der Waals surface area contributed by atoms with Crippen molar-refractivity contribution in [2.75, 3.05) is 6.54 Å². The topological polar surface area (TPSA) is 55.1 Å². The second-order valence-corrected chi connectivity index (χ2v) is 5.45. The molecule has 22 heavy (non-hydrogen) atoms.